The average molecular weight is 418 g/mol. The maximum Gasteiger partial charge on any atom is 0.141 e. The fraction of sp³-hybridized carbons (Fsp3) is 0.143. The topological polar surface area (TPSA) is 35.2 Å². The van der Waals surface area contributed by atoms with E-state index in [1.807, 2.05) is 49.4 Å². The third-order valence-electron chi connectivity index (χ3n) is 2.51. The summed E-state index contributed by atoms with van der Waals surface area (Å²) in [7, 11) is 0. The molecule has 0 aromatic heterocycles. The predicted molar refractivity (Wildman–Crippen MR) is 86.0 cm³/mol. The van der Waals surface area contributed by atoms with Gasteiger partial charge >= 0.3 is 0 Å². The second kappa shape index (κ2) is 6.04. The van der Waals surface area contributed by atoms with Crippen molar-refractivity contribution in [3.05, 3.63) is 56.1 Å². The van der Waals surface area contributed by atoms with Gasteiger partial charge in [0.1, 0.15) is 11.5 Å². The van der Waals surface area contributed by atoms with E-state index < -0.39 is 0 Å². The Morgan fingerprint density at radius 1 is 1.22 bits per heavy atom. The zero-order valence-electron chi connectivity index (χ0n) is 9.86. The number of rotatable bonds is 3. The molecular weight excluding hydrogens is 405 g/mol. The molecule has 0 saturated carbocycles. The molecule has 1 atom stereocenters. The quantitative estimate of drug-likeness (QED) is 0.723. The van der Waals surface area contributed by atoms with Gasteiger partial charge in [0.2, 0.25) is 0 Å². The standard InChI is InChI=1S/C14H13BrINO/c1-9(17)10-5-6-14(13(15)7-10)18-12-4-2-3-11(16)8-12/h2-9H,17H2,1H3/t9-/m1/s1. The van der Waals surface area contributed by atoms with E-state index in [1.54, 1.807) is 0 Å². The number of hydrogen-bond donors (Lipinski definition) is 1. The highest BCUT2D eigenvalue weighted by Crippen LogP contribution is 2.32. The normalized spacial score (nSPS) is 12.2. The Morgan fingerprint density at radius 3 is 2.61 bits per heavy atom. The number of hydrogen-bond acceptors (Lipinski definition) is 2. The molecule has 2 aromatic rings. The smallest absolute Gasteiger partial charge is 0.141 e. The molecule has 0 unspecified atom stereocenters. The van der Waals surface area contributed by atoms with Crippen molar-refractivity contribution < 1.29 is 4.74 Å². The van der Waals surface area contributed by atoms with Crippen molar-refractivity contribution in [1.82, 2.24) is 0 Å². The van der Waals surface area contributed by atoms with E-state index in [0.29, 0.717) is 0 Å². The highest BCUT2D eigenvalue weighted by Gasteiger charge is 2.06. The lowest BCUT2D eigenvalue weighted by Crippen LogP contribution is -2.04. The van der Waals surface area contributed by atoms with Gasteiger partial charge < -0.3 is 10.5 Å². The number of benzene rings is 2. The molecule has 0 heterocycles. The molecule has 2 aromatic carbocycles. The van der Waals surface area contributed by atoms with Gasteiger partial charge in [-0.3, -0.25) is 0 Å². The molecule has 0 aliphatic rings. The molecule has 0 spiro atoms. The number of nitrogens with two attached hydrogens (primary N) is 1. The SMILES string of the molecule is C[C@@H](N)c1ccc(Oc2cccc(I)c2)c(Br)c1. The lowest BCUT2D eigenvalue weighted by Gasteiger charge is -2.11. The minimum Gasteiger partial charge on any atom is -0.456 e. The summed E-state index contributed by atoms with van der Waals surface area (Å²) in [6, 6.07) is 13.9. The minimum atomic E-state index is 0.0213. The number of ether oxygens (including phenoxy) is 1. The van der Waals surface area contributed by atoms with Crippen molar-refractivity contribution in [3.63, 3.8) is 0 Å². The van der Waals surface area contributed by atoms with Crippen molar-refractivity contribution in [3.8, 4) is 11.5 Å². The molecule has 0 aliphatic carbocycles. The van der Waals surface area contributed by atoms with Crippen LogP contribution < -0.4 is 10.5 Å². The summed E-state index contributed by atoms with van der Waals surface area (Å²) in [6.45, 7) is 1.96. The Labute approximate surface area is 129 Å². The van der Waals surface area contributed by atoms with Gasteiger partial charge in [-0.05, 0) is 81.3 Å². The molecule has 0 amide bonds. The second-order valence-corrected chi connectivity index (χ2v) is 6.14. The maximum absolute atomic E-state index is 5.84. The molecule has 4 heteroatoms. The van der Waals surface area contributed by atoms with Crippen LogP contribution in [0.15, 0.2) is 46.9 Å². The molecule has 0 aliphatic heterocycles. The first-order valence-electron chi connectivity index (χ1n) is 5.54. The predicted octanol–water partition coefficient (Wildman–Crippen LogP) is 4.87. The lowest BCUT2D eigenvalue weighted by molar-refractivity contribution is 0.479. The van der Waals surface area contributed by atoms with Crippen molar-refractivity contribution >= 4 is 38.5 Å². The van der Waals surface area contributed by atoms with E-state index in [4.69, 9.17) is 10.5 Å². The molecule has 0 radical (unpaired) electrons. The fourth-order valence-electron chi connectivity index (χ4n) is 1.54. The van der Waals surface area contributed by atoms with Crippen LogP contribution in [0.1, 0.15) is 18.5 Å². The molecule has 0 fully saturated rings. The zero-order valence-corrected chi connectivity index (χ0v) is 13.6. The molecule has 94 valence electrons. The van der Waals surface area contributed by atoms with Crippen molar-refractivity contribution in [2.45, 2.75) is 13.0 Å². The zero-order chi connectivity index (χ0) is 13.1. The third-order valence-corrected chi connectivity index (χ3v) is 3.80. The maximum atomic E-state index is 5.84. The first-order valence-corrected chi connectivity index (χ1v) is 7.42. The molecule has 2 N–H and O–H groups in total. The van der Waals surface area contributed by atoms with E-state index in [-0.39, 0.29) is 6.04 Å². The monoisotopic (exact) mass is 417 g/mol. The van der Waals surface area contributed by atoms with Crippen LogP contribution in [0.2, 0.25) is 0 Å². The van der Waals surface area contributed by atoms with Crippen molar-refractivity contribution in [1.29, 1.82) is 0 Å². The Morgan fingerprint density at radius 2 is 2.00 bits per heavy atom. The van der Waals surface area contributed by atoms with E-state index in [9.17, 15) is 0 Å². The summed E-state index contributed by atoms with van der Waals surface area (Å²) < 4.78 is 7.89. The summed E-state index contributed by atoms with van der Waals surface area (Å²) in [6.07, 6.45) is 0. The van der Waals surface area contributed by atoms with Crippen molar-refractivity contribution in [2.75, 3.05) is 0 Å². The van der Waals surface area contributed by atoms with Gasteiger partial charge in [-0.25, -0.2) is 0 Å². The summed E-state index contributed by atoms with van der Waals surface area (Å²) in [5.41, 5.74) is 6.92. The van der Waals surface area contributed by atoms with E-state index >= 15 is 0 Å². The van der Waals surface area contributed by atoms with Crippen LogP contribution in [0.3, 0.4) is 0 Å². The number of halogens is 2. The van der Waals surface area contributed by atoms with Gasteiger partial charge in [-0.1, -0.05) is 12.1 Å². The third kappa shape index (κ3) is 3.46. The highest BCUT2D eigenvalue weighted by molar-refractivity contribution is 14.1. The fourth-order valence-corrected chi connectivity index (χ4v) is 2.53. The molecule has 2 rings (SSSR count). The summed E-state index contributed by atoms with van der Waals surface area (Å²) >= 11 is 5.77. The van der Waals surface area contributed by atoms with Crippen LogP contribution in [0, 0.1) is 3.57 Å². The van der Waals surface area contributed by atoms with Gasteiger partial charge in [-0.15, -0.1) is 0 Å². The van der Waals surface area contributed by atoms with E-state index in [2.05, 4.69) is 38.5 Å². The van der Waals surface area contributed by atoms with Gasteiger partial charge in [0.05, 0.1) is 4.47 Å². The lowest BCUT2D eigenvalue weighted by atomic mass is 10.1. The largest absolute Gasteiger partial charge is 0.456 e. The van der Waals surface area contributed by atoms with Crippen LogP contribution >= 0.6 is 38.5 Å². The molecule has 0 saturated heterocycles. The average Bonchev–Trinajstić information content (AvgIpc) is 2.31. The molecule has 2 nitrogen and oxygen atoms in total. The summed E-state index contributed by atoms with van der Waals surface area (Å²) in [5.74, 6) is 1.62. The van der Waals surface area contributed by atoms with Gasteiger partial charge in [-0.2, -0.15) is 0 Å². The van der Waals surface area contributed by atoms with Gasteiger partial charge in [0, 0.05) is 9.61 Å². The van der Waals surface area contributed by atoms with Crippen molar-refractivity contribution in [2.24, 2.45) is 5.73 Å². The van der Waals surface area contributed by atoms with E-state index in [0.717, 1.165) is 25.1 Å². The van der Waals surface area contributed by atoms with E-state index in [1.165, 1.54) is 0 Å². The van der Waals surface area contributed by atoms with Crippen LogP contribution in [-0.2, 0) is 0 Å². The highest BCUT2D eigenvalue weighted by atomic mass is 127. The van der Waals surface area contributed by atoms with Crippen LogP contribution in [0.4, 0.5) is 0 Å². The molecule has 18 heavy (non-hydrogen) atoms. The minimum absolute atomic E-state index is 0.0213. The van der Waals surface area contributed by atoms with Crippen LogP contribution in [0.25, 0.3) is 0 Å². The second-order valence-electron chi connectivity index (χ2n) is 4.04. The Hall–Kier alpha value is -0.590. The summed E-state index contributed by atoms with van der Waals surface area (Å²) in [5, 5.41) is 0. The molecular formula is C14H13BrINO. The summed E-state index contributed by atoms with van der Waals surface area (Å²) in [4.78, 5) is 0. The van der Waals surface area contributed by atoms with Gasteiger partial charge in [0.25, 0.3) is 0 Å². The Kier molecular flexibility index (Phi) is 4.64. The first kappa shape index (κ1) is 13.8. The Balaban J connectivity index is 2.24. The molecule has 0 bridgehead atoms. The van der Waals surface area contributed by atoms with Crippen LogP contribution in [0.5, 0.6) is 11.5 Å². The first-order chi connectivity index (χ1) is 8.56. The van der Waals surface area contributed by atoms with Gasteiger partial charge in [0.15, 0.2) is 0 Å². The van der Waals surface area contributed by atoms with Crippen LogP contribution in [-0.4, -0.2) is 0 Å². The Bertz CT molecular complexity index is 557.